The van der Waals surface area contributed by atoms with Crippen LogP contribution in [0.2, 0.25) is 0 Å². The van der Waals surface area contributed by atoms with Crippen molar-refractivity contribution in [2.75, 3.05) is 19.7 Å². The molecule has 1 rings (SSSR count). The zero-order chi connectivity index (χ0) is 16.2. The van der Waals surface area contributed by atoms with E-state index in [1.807, 2.05) is 30.3 Å². The van der Waals surface area contributed by atoms with Crippen LogP contribution in [0.1, 0.15) is 25.3 Å². The van der Waals surface area contributed by atoms with Gasteiger partial charge in [-0.05, 0) is 12.5 Å². The van der Waals surface area contributed by atoms with Crippen LogP contribution in [0.25, 0.3) is 0 Å². The van der Waals surface area contributed by atoms with Gasteiger partial charge in [-0.2, -0.15) is 0 Å². The molecular formula is C16H22N2O4. The minimum Gasteiger partial charge on any atom is -0.466 e. The molecule has 0 aliphatic rings. The average molecular weight is 306 g/mol. The molecule has 1 aromatic carbocycles. The number of hydrogen-bond donors (Lipinski definition) is 2. The number of hydrogen-bond acceptors (Lipinski definition) is 4. The summed E-state index contributed by atoms with van der Waals surface area (Å²) in [6.45, 7) is 2.73. The lowest BCUT2D eigenvalue weighted by atomic mass is 10.1. The molecule has 22 heavy (non-hydrogen) atoms. The molecule has 0 spiro atoms. The third-order valence-corrected chi connectivity index (χ3v) is 2.84. The third-order valence-electron chi connectivity index (χ3n) is 2.84. The number of carbonyl (C=O) groups excluding carboxylic acids is 3. The first-order valence-electron chi connectivity index (χ1n) is 7.34. The van der Waals surface area contributed by atoms with Crippen LogP contribution >= 0.6 is 0 Å². The molecule has 6 nitrogen and oxygen atoms in total. The first kappa shape index (κ1) is 17.7. The Morgan fingerprint density at radius 1 is 0.955 bits per heavy atom. The molecule has 0 radical (unpaired) electrons. The summed E-state index contributed by atoms with van der Waals surface area (Å²) in [6.07, 6.45) is 0.481. The van der Waals surface area contributed by atoms with Crippen molar-refractivity contribution in [1.82, 2.24) is 10.6 Å². The average Bonchev–Trinajstić information content (AvgIpc) is 2.51. The van der Waals surface area contributed by atoms with Crippen molar-refractivity contribution in [2.24, 2.45) is 0 Å². The van der Waals surface area contributed by atoms with E-state index >= 15 is 0 Å². The SMILES string of the molecule is CCOC(=O)CCC(=O)NCCNC(=O)Cc1ccccc1. The van der Waals surface area contributed by atoms with Gasteiger partial charge in [-0.3, -0.25) is 14.4 Å². The van der Waals surface area contributed by atoms with Gasteiger partial charge in [0.2, 0.25) is 11.8 Å². The maximum absolute atomic E-state index is 11.7. The summed E-state index contributed by atoms with van der Waals surface area (Å²) >= 11 is 0. The van der Waals surface area contributed by atoms with E-state index in [1.165, 1.54) is 0 Å². The Kier molecular flexibility index (Phi) is 8.33. The molecule has 0 heterocycles. The largest absolute Gasteiger partial charge is 0.466 e. The molecule has 0 bridgehead atoms. The van der Waals surface area contributed by atoms with E-state index in [2.05, 4.69) is 10.6 Å². The van der Waals surface area contributed by atoms with Gasteiger partial charge in [-0.15, -0.1) is 0 Å². The highest BCUT2D eigenvalue weighted by molar-refractivity contribution is 5.81. The molecule has 0 saturated heterocycles. The highest BCUT2D eigenvalue weighted by atomic mass is 16.5. The number of nitrogens with one attached hydrogen (secondary N) is 2. The smallest absolute Gasteiger partial charge is 0.306 e. The molecule has 0 aliphatic carbocycles. The van der Waals surface area contributed by atoms with Gasteiger partial charge in [0.05, 0.1) is 19.4 Å². The normalized spacial score (nSPS) is 9.86. The van der Waals surface area contributed by atoms with Gasteiger partial charge in [0.15, 0.2) is 0 Å². The fourth-order valence-electron chi connectivity index (χ4n) is 1.78. The van der Waals surface area contributed by atoms with Crippen LogP contribution in [0.3, 0.4) is 0 Å². The zero-order valence-electron chi connectivity index (χ0n) is 12.8. The van der Waals surface area contributed by atoms with Gasteiger partial charge in [-0.1, -0.05) is 30.3 Å². The van der Waals surface area contributed by atoms with E-state index in [-0.39, 0.29) is 30.6 Å². The summed E-state index contributed by atoms with van der Waals surface area (Å²) in [4.78, 5) is 34.2. The fourth-order valence-corrected chi connectivity index (χ4v) is 1.78. The quantitative estimate of drug-likeness (QED) is 0.522. The second-order valence-electron chi connectivity index (χ2n) is 4.67. The Morgan fingerprint density at radius 3 is 2.23 bits per heavy atom. The lowest BCUT2D eigenvalue weighted by Gasteiger charge is -2.07. The molecule has 0 aliphatic heterocycles. The van der Waals surface area contributed by atoms with Crippen molar-refractivity contribution < 1.29 is 19.1 Å². The van der Waals surface area contributed by atoms with Crippen molar-refractivity contribution in [3.8, 4) is 0 Å². The van der Waals surface area contributed by atoms with Gasteiger partial charge in [-0.25, -0.2) is 0 Å². The molecule has 2 N–H and O–H groups in total. The predicted molar refractivity (Wildman–Crippen MR) is 82.0 cm³/mol. The highest BCUT2D eigenvalue weighted by Gasteiger charge is 2.07. The molecule has 0 unspecified atom stereocenters. The molecule has 6 heteroatoms. The van der Waals surface area contributed by atoms with Crippen LogP contribution in [0, 0.1) is 0 Å². The predicted octanol–water partition coefficient (Wildman–Crippen LogP) is 0.805. The number of benzene rings is 1. The first-order valence-corrected chi connectivity index (χ1v) is 7.34. The second kappa shape index (κ2) is 10.4. The topological polar surface area (TPSA) is 84.5 Å². The van der Waals surface area contributed by atoms with E-state index in [4.69, 9.17) is 4.74 Å². The molecule has 2 amide bonds. The van der Waals surface area contributed by atoms with E-state index in [0.29, 0.717) is 26.1 Å². The summed E-state index contributed by atoms with van der Waals surface area (Å²) in [5.41, 5.74) is 0.943. The number of esters is 1. The van der Waals surface area contributed by atoms with Crippen molar-refractivity contribution in [1.29, 1.82) is 0 Å². The molecule has 1 aromatic rings. The van der Waals surface area contributed by atoms with E-state index in [1.54, 1.807) is 6.92 Å². The molecule has 0 saturated carbocycles. The van der Waals surface area contributed by atoms with Crippen LogP contribution in [-0.2, 0) is 25.5 Å². The fraction of sp³-hybridized carbons (Fsp3) is 0.438. The summed E-state index contributed by atoms with van der Waals surface area (Å²) in [5, 5.41) is 5.36. The Hall–Kier alpha value is -2.37. The van der Waals surface area contributed by atoms with Crippen molar-refractivity contribution in [2.45, 2.75) is 26.2 Å². The summed E-state index contributed by atoms with van der Waals surface area (Å²) in [7, 11) is 0. The Bertz CT molecular complexity index is 488. The lowest BCUT2D eigenvalue weighted by Crippen LogP contribution is -2.35. The molecule has 0 fully saturated rings. The molecule has 0 aromatic heterocycles. The van der Waals surface area contributed by atoms with Crippen LogP contribution < -0.4 is 10.6 Å². The number of amides is 2. The summed E-state index contributed by atoms with van der Waals surface area (Å²) in [6, 6.07) is 9.43. The van der Waals surface area contributed by atoms with Gasteiger partial charge >= 0.3 is 5.97 Å². The van der Waals surface area contributed by atoms with Crippen molar-refractivity contribution >= 4 is 17.8 Å². The maximum atomic E-state index is 11.7. The van der Waals surface area contributed by atoms with E-state index < -0.39 is 0 Å². The third kappa shape index (κ3) is 8.04. The maximum Gasteiger partial charge on any atom is 0.306 e. The Labute approximate surface area is 130 Å². The Morgan fingerprint density at radius 2 is 1.59 bits per heavy atom. The van der Waals surface area contributed by atoms with Crippen molar-refractivity contribution in [3.63, 3.8) is 0 Å². The summed E-state index contributed by atoms with van der Waals surface area (Å²) in [5.74, 6) is -0.703. The van der Waals surface area contributed by atoms with Crippen LogP contribution in [0.5, 0.6) is 0 Å². The zero-order valence-corrected chi connectivity index (χ0v) is 12.8. The number of rotatable bonds is 9. The van der Waals surface area contributed by atoms with Gasteiger partial charge in [0, 0.05) is 19.5 Å². The standard InChI is InChI=1S/C16H22N2O4/c1-2-22-16(21)9-8-14(19)17-10-11-18-15(20)12-13-6-4-3-5-7-13/h3-7H,2,8-12H2,1H3,(H,17,19)(H,18,20). The van der Waals surface area contributed by atoms with Gasteiger partial charge in [0.25, 0.3) is 0 Å². The summed E-state index contributed by atoms with van der Waals surface area (Å²) < 4.78 is 4.73. The minimum absolute atomic E-state index is 0.0695. The van der Waals surface area contributed by atoms with E-state index in [9.17, 15) is 14.4 Å². The molecule has 120 valence electrons. The van der Waals surface area contributed by atoms with Crippen LogP contribution in [0.15, 0.2) is 30.3 Å². The van der Waals surface area contributed by atoms with E-state index in [0.717, 1.165) is 5.56 Å². The van der Waals surface area contributed by atoms with Crippen LogP contribution in [0.4, 0.5) is 0 Å². The number of ether oxygens (including phenoxy) is 1. The van der Waals surface area contributed by atoms with Crippen LogP contribution in [-0.4, -0.2) is 37.5 Å². The second-order valence-corrected chi connectivity index (χ2v) is 4.67. The monoisotopic (exact) mass is 306 g/mol. The molecular weight excluding hydrogens is 284 g/mol. The minimum atomic E-state index is -0.381. The molecule has 0 atom stereocenters. The van der Waals surface area contributed by atoms with Crippen molar-refractivity contribution in [3.05, 3.63) is 35.9 Å². The van der Waals surface area contributed by atoms with Gasteiger partial charge < -0.3 is 15.4 Å². The number of carbonyl (C=O) groups is 3. The Balaban J connectivity index is 2.08. The first-order chi connectivity index (χ1) is 10.6. The van der Waals surface area contributed by atoms with Gasteiger partial charge in [0.1, 0.15) is 0 Å². The highest BCUT2D eigenvalue weighted by Crippen LogP contribution is 1.98. The lowest BCUT2D eigenvalue weighted by molar-refractivity contribution is -0.144.